The molecule has 26 heavy (non-hydrogen) atoms. The van der Waals surface area contributed by atoms with Gasteiger partial charge in [-0.25, -0.2) is 9.78 Å². The Morgan fingerprint density at radius 3 is 2.65 bits per heavy atom. The molecule has 0 atom stereocenters. The monoisotopic (exact) mass is 346 g/mol. The Kier molecular flexibility index (Phi) is 3.91. The van der Waals surface area contributed by atoms with Crippen molar-refractivity contribution in [1.29, 1.82) is 0 Å². The molecule has 0 fully saturated rings. The van der Waals surface area contributed by atoms with Crippen molar-refractivity contribution >= 4 is 22.0 Å². The molecule has 0 bridgehead atoms. The van der Waals surface area contributed by atoms with Crippen LogP contribution in [0.2, 0.25) is 0 Å². The molecule has 4 heteroatoms. The van der Waals surface area contributed by atoms with Gasteiger partial charge in [0.15, 0.2) is 0 Å². The maximum absolute atomic E-state index is 12.1. The van der Waals surface area contributed by atoms with E-state index in [0.717, 1.165) is 33.4 Å². The number of hydrogen-bond donors (Lipinski definition) is 0. The molecule has 0 saturated heterocycles. The summed E-state index contributed by atoms with van der Waals surface area (Å²) in [5, 5.41) is 0.996. The normalized spacial score (nSPS) is 11.7. The zero-order chi connectivity index (χ0) is 18.4. The van der Waals surface area contributed by atoms with E-state index in [1.165, 1.54) is 5.56 Å². The van der Waals surface area contributed by atoms with Crippen LogP contribution in [-0.4, -0.2) is 9.55 Å². The zero-order valence-corrected chi connectivity index (χ0v) is 15.5. The molecule has 0 saturated carbocycles. The molecular weight excluding hydrogens is 324 g/mol. The first-order chi connectivity index (χ1) is 12.4. The number of rotatable bonds is 3. The Hall–Kier alpha value is -2.88. The summed E-state index contributed by atoms with van der Waals surface area (Å²) in [5.74, 6) is 1.35. The minimum absolute atomic E-state index is 0.314. The van der Waals surface area contributed by atoms with Crippen molar-refractivity contribution < 1.29 is 4.42 Å². The molecule has 2 aromatic heterocycles. The number of imidazole rings is 1. The van der Waals surface area contributed by atoms with Gasteiger partial charge in [-0.1, -0.05) is 26.0 Å². The van der Waals surface area contributed by atoms with Crippen LogP contribution in [0.4, 0.5) is 0 Å². The maximum atomic E-state index is 12.1. The third kappa shape index (κ3) is 2.71. The average molecular weight is 346 g/mol. The average Bonchev–Trinajstić information content (AvgIpc) is 2.89. The van der Waals surface area contributed by atoms with Crippen molar-refractivity contribution in [2.45, 2.75) is 40.2 Å². The minimum Gasteiger partial charge on any atom is -0.423 e. The number of aryl methyl sites for hydroxylation is 2. The SMILES string of the molecule is Cc1cc2oc(=O)cc(Cn3c(C)nc4ccccc43)c2cc1C(C)C. The van der Waals surface area contributed by atoms with Crippen LogP contribution in [0.5, 0.6) is 0 Å². The van der Waals surface area contributed by atoms with Crippen molar-refractivity contribution in [3.05, 3.63) is 75.4 Å². The van der Waals surface area contributed by atoms with Crippen molar-refractivity contribution in [1.82, 2.24) is 9.55 Å². The van der Waals surface area contributed by atoms with E-state index >= 15 is 0 Å². The summed E-state index contributed by atoms with van der Waals surface area (Å²) in [5.41, 5.74) is 5.77. The highest BCUT2D eigenvalue weighted by atomic mass is 16.4. The predicted molar refractivity (Wildman–Crippen MR) is 105 cm³/mol. The second kappa shape index (κ2) is 6.13. The van der Waals surface area contributed by atoms with Gasteiger partial charge in [-0.3, -0.25) is 0 Å². The fourth-order valence-electron chi connectivity index (χ4n) is 3.71. The van der Waals surface area contributed by atoms with Gasteiger partial charge < -0.3 is 8.98 Å². The smallest absolute Gasteiger partial charge is 0.336 e. The molecule has 4 nitrogen and oxygen atoms in total. The molecule has 4 aromatic rings. The first kappa shape index (κ1) is 16.6. The van der Waals surface area contributed by atoms with Crippen LogP contribution in [-0.2, 0) is 6.54 Å². The van der Waals surface area contributed by atoms with Crippen molar-refractivity contribution in [3.63, 3.8) is 0 Å². The Morgan fingerprint density at radius 2 is 1.88 bits per heavy atom. The van der Waals surface area contributed by atoms with Crippen LogP contribution in [0.25, 0.3) is 22.0 Å². The lowest BCUT2D eigenvalue weighted by Gasteiger charge is -2.14. The van der Waals surface area contributed by atoms with Gasteiger partial charge in [-0.05, 0) is 60.7 Å². The molecular formula is C22H22N2O2. The van der Waals surface area contributed by atoms with Gasteiger partial charge in [-0.2, -0.15) is 0 Å². The molecule has 132 valence electrons. The quantitative estimate of drug-likeness (QED) is 0.494. The molecule has 0 aliphatic carbocycles. The molecule has 0 aliphatic rings. The third-order valence-corrected chi connectivity index (χ3v) is 5.01. The lowest BCUT2D eigenvalue weighted by molar-refractivity contribution is 0.557. The summed E-state index contributed by atoms with van der Waals surface area (Å²) in [6.45, 7) is 9.02. The van der Waals surface area contributed by atoms with E-state index in [4.69, 9.17) is 4.42 Å². The van der Waals surface area contributed by atoms with E-state index in [1.807, 2.05) is 31.2 Å². The summed E-state index contributed by atoms with van der Waals surface area (Å²) in [4.78, 5) is 16.8. The van der Waals surface area contributed by atoms with Crippen LogP contribution >= 0.6 is 0 Å². The van der Waals surface area contributed by atoms with E-state index in [2.05, 4.69) is 42.5 Å². The van der Waals surface area contributed by atoms with E-state index < -0.39 is 0 Å². The molecule has 0 spiro atoms. The topological polar surface area (TPSA) is 48.0 Å². The van der Waals surface area contributed by atoms with Crippen LogP contribution in [0, 0.1) is 13.8 Å². The number of fused-ring (bicyclic) bond motifs is 2. The molecule has 0 amide bonds. The van der Waals surface area contributed by atoms with E-state index in [1.54, 1.807) is 6.07 Å². The van der Waals surface area contributed by atoms with Crippen LogP contribution < -0.4 is 5.63 Å². The highest BCUT2D eigenvalue weighted by molar-refractivity contribution is 5.83. The number of benzene rings is 2. The van der Waals surface area contributed by atoms with E-state index in [-0.39, 0.29) is 5.63 Å². The molecule has 0 N–H and O–H groups in total. The summed E-state index contributed by atoms with van der Waals surface area (Å²) >= 11 is 0. The number of hydrogen-bond acceptors (Lipinski definition) is 3. The summed E-state index contributed by atoms with van der Waals surface area (Å²) in [6, 6.07) is 13.8. The van der Waals surface area contributed by atoms with Gasteiger partial charge in [0.1, 0.15) is 11.4 Å². The fraction of sp³-hybridized carbons (Fsp3) is 0.273. The second-order valence-electron chi connectivity index (χ2n) is 7.18. The molecule has 2 heterocycles. The van der Waals surface area contributed by atoms with Gasteiger partial charge in [-0.15, -0.1) is 0 Å². The molecule has 0 radical (unpaired) electrons. The number of nitrogens with zero attached hydrogens (tertiary/aromatic N) is 2. The maximum Gasteiger partial charge on any atom is 0.336 e. The van der Waals surface area contributed by atoms with Crippen LogP contribution in [0.15, 0.2) is 51.7 Å². The summed E-state index contributed by atoms with van der Waals surface area (Å²) < 4.78 is 7.63. The fourth-order valence-corrected chi connectivity index (χ4v) is 3.71. The van der Waals surface area contributed by atoms with E-state index in [0.29, 0.717) is 18.0 Å². The standard InChI is InChI=1S/C22H22N2O2/c1-13(2)17-11-18-16(10-22(25)26-21(18)9-14(17)3)12-24-15(4)23-19-7-5-6-8-20(19)24/h5-11,13H,12H2,1-4H3. The summed E-state index contributed by atoms with van der Waals surface area (Å²) in [7, 11) is 0. The molecule has 0 unspecified atom stereocenters. The molecule has 2 aromatic carbocycles. The third-order valence-electron chi connectivity index (χ3n) is 5.01. The Bertz CT molecular complexity index is 1180. The Morgan fingerprint density at radius 1 is 1.12 bits per heavy atom. The highest BCUT2D eigenvalue weighted by Crippen LogP contribution is 2.28. The minimum atomic E-state index is -0.314. The van der Waals surface area contributed by atoms with Crippen molar-refractivity contribution in [2.75, 3.05) is 0 Å². The van der Waals surface area contributed by atoms with Gasteiger partial charge in [0.05, 0.1) is 17.6 Å². The van der Waals surface area contributed by atoms with Gasteiger partial charge >= 0.3 is 5.63 Å². The van der Waals surface area contributed by atoms with Crippen molar-refractivity contribution in [2.24, 2.45) is 0 Å². The van der Waals surface area contributed by atoms with Gasteiger partial charge in [0, 0.05) is 11.5 Å². The van der Waals surface area contributed by atoms with Gasteiger partial charge in [0.25, 0.3) is 0 Å². The highest BCUT2D eigenvalue weighted by Gasteiger charge is 2.14. The number of para-hydroxylation sites is 2. The lowest BCUT2D eigenvalue weighted by Crippen LogP contribution is -2.08. The first-order valence-corrected chi connectivity index (χ1v) is 8.93. The van der Waals surface area contributed by atoms with Crippen LogP contribution in [0.3, 0.4) is 0 Å². The largest absolute Gasteiger partial charge is 0.423 e. The van der Waals surface area contributed by atoms with E-state index in [9.17, 15) is 4.79 Å². The molecule has 4 rings (SSSR count). The van der Waals surface area contributed by atoms with Crippen molar-refractivity contribution in [3.8, 4) is 0 Å². The van der Waals surface area contributed by atoms with Crippen LogP contribution in [0.1, 0.15) is 42.3 Å². The lowest BCUT2D eigenvalue weighted by atomic mass is 9.95. The van der Waals surface area contributed by atoms with Gasteiger partial charge in [0.2, 0.25) is 0 Å². The second-order valence-corrected chi connectivity index (χ2v) is 7.18. The summed E-state index contributed by atoms with van der Waals surface area (Å²) in [6.07, 6.45) is 0. The first-order valence-electron chi connectivity index (χ1n) is 8.93. The zero-order valence-electron chi connectivity index (χ0n) is 15.5. The predicted octanol–water partition coefficient (Wildman–Crippen LogP) is 4.93. The Balaban J connectivity index is 1.94. The Labute approximate surface area is 152 Å². The number of aromatic nitrogens is 2. The molecule has 0 aliphatic heterocycles.